The number of likely N-dealkylation sites (tertiary alicyclic amines) is 1. The molecule has 2 aromatic rings. The third-order valence-electron chi connectivity index (χ3n) is 6.53. The summed E-state index contributed by atoms with van der Waals surface area (Å²) in [6, 6.07) is 11.8. The molecule has 2 amide bonds. The number of hydrogen-bond donors (Lipinski definition) is 0. The van der Waals surface area contributed by atoms with Crippen molar-refractivity contribution in [3.63, 3.8) is 0 Å². The summed E-state index contributed by atoms with van der Waals surface area (Å²) in [5, 5.41) is 0.575. The van der Waals surface area contributed by atoms with Gasteiger partial charge in [0, 0.05) is 48.6 Å². The van der Waals surface area contributed by atoms with E-state index in [1.54, 1.807) is 34.1 Å². The molecule has 11 heteroatoms. The van der Waals surface area contributed by atoms with Gasteiger partial charge in [0.05, 0.1) is 19.8 Å². The second-order valence-corrected chi connectivity index (χ2v) is 9.75. The number of alkyl halides is 3. The van der Waals surface area contributed by atoms with Gasteiger partial charge in [-0.25, -0.2) is 0 Å². The van der Waals surface area contributed by atoms with Crippen molar-refractivity contribution >= 4 is 23.4 Å². The second-order valence-electron chi connectivity index (χ2n) is 9.31. The predicted molar refractivity (Wildman–Crippen MR) is 130 cm³/mol. The lowest BCUT2D eigenvalue weighted by atomic mass is 9.77. The molecule has 2 aliphatic rings. The Balaban J connectivity index is 1.50. The highest BCUT2D eigenvalue weighted by Gasteiger charge is 2.41. The molecule has 0 N–H and O–H groups in total. The third-order valence-corrected chi connectivity index (χ3v) is 6.78. The van der Waals surface area contributed by atoms with Crippen molar-refractivity contribution in [1.82, 2.24) is 9.80 Å². The first-order valence-electron chi connectivity index (χ1n) is 12.0. The van der Waals surface area contributed by atoms with Crippen LogP contribution in [0.3, 0.4) is 0 Å². The molecular weight excluding hydrogens is 513 g/mol. The number of piperidine rings is 1. The van der Waals surface area contributed by atoms with Crippen LogP contribution in [0.5, 0.6) is 11.5 Å². The Morgan fingerprint density at radius 1 is 0.946 bits per heavy atom. The van der Waals surface area contributed by atoms with Crippen LogP contribution in [-0.2, 0) is 9.53 Å². The summed E-state index contributed by atoms with van der Waals surface area (Å²) in [7, 11) is 0. The van der Waals surface area contributed by atoms with E-state index in [2.05, 4.69) is 4.74 Å². The first-order chi connectivity index (χ1) is 17.6. The number of rotatable bonds is 7. The van der Waals surface area contributed by atoms with Gasteiger partial charge in [-0.05, 0) is 61.4 Å². The number of amides is 2. The maximum absolute atomic E-state index is 13.3. The molecular formula is C26H28ClF3N2O5. The average molecular weight is 541 g/mol. The summed E-state index contributed by atoms with van der Waals surface area (Å²) in [4.78, 5) is 29.9. The molecule has 1 atom stereocenters. The Morgan fingerprint density at radius 2 is 1.59 bits per heavy atom. The van der Waals surface area contributed by atoms with E-state index in [1.165, 1.54) is 12.1 Å². The maximum atomic E-state index is 13.3. The van der Waals surface area contributed by atoms with E-state index in [4.69, 9.17) is 21.1 Å². The summed E-state index contributed by atoms with van der Waals surface area (Å²) in [5.74, 6) is -0.144. The first-order valence-corrected chi connectivity index (χ1v) is 12.4. The largest absolute Gasteiger partial charge is 0.573 e. The summed E-state index contributed by atoms with van der Waals surface area (Å²) in [6.07, 6.45) is -3.28. The number of carbonyl (C=O) groups excluding carboxylic acids is 2. The second kappa shape index (κ2) is 11.6. The molecule has 2 heterocycles. The molecule has 2 fully saturated rings. The van der Waals surface area contributed by atoms with Gasteiger partial charge in [-0.1, -0.05) is 11.6 Å². The Labute approximate surface area is 218 Å². The van der Waals surface area contributed by atoms with Gasteiger partial charge in [0.2, 0.25) is 5.91 Å². The van der Waals surface area contributed by atoms with Crippen molar-refractivity contribution < 1.29 is 37.0 Å². The number of carbonyl (C=O) groups is 2. The van der Waals surface area contributed by atoms with Crippen molar-refractivity contribution in [2.45, 2.75) is 25.6 Å². The summed E-state index contributed by atoms with van der Waals surface area (Å²) >= 11 is 5.97. The van der Waals surface area contributed by atoms with Crippen molar-refractivity contribution in [3.8, 4) is 11.5 Å². The Hall–Kier alpha value is -2.98. The van der Waals surface area contributed by atoms with Gasteiger partial charge < -0.3 is 24.0 Å². The van der Waals surface area contributed by atoms with E-state index in [1.807, 2.05) is 0 Å². The zero-order valence-electron chi connectivity index (χ0n) is 20.1. The quantitative estimate of drug-likeness (QED) is 0.505. The molecule has 37 heavy (non-hydrogen) atoms. The number of morpholine rings is 1. The molecule has 2 aliphatic heterocycles. The van der Waals surface area contributed by atoms with Crippen LogP contribution in [0.2, 0.25) is 5.02 Å². The van der Waals surface area contributed by atoms with Crippen molar-refractivity contribution in [3.05, 3.63) is 59.1 Å². The maximum Gasteiger partial charge on any atom is 0.573 e. The SMILES string of the molecule is O=C(CC1(COc2ccc(Cl)cc2)CCCN(C(=O)c2ccc(OC(F)(F)F)cc2)C1)N1CCOCC1. The van der Waals surface area contributed by atoms with Gasteiger partial charge in [-0.3, -0.25) is 9.59 Å². The molecule has 2 saturated heterocycles. The monoisotopic (exact) mass is 540 g/mol. The van der Waals surface area contributed by atoms with E-state index in [9.17, 15) is 22.8 Å². The molecule has 0 aromatic heterocycles. The van der Waals surface area contributed by atoms with Gasteiger partial charge in [0.15, 0.2) is 0 Å². The molecule has 0 radical (unpaired) electrons. The van der Waals surface area contributed by atoms with Crippen LogP contribution in [0, 0.1) is 5.41 Å². The van der Waals surface area contributed by atoms with Crippen molar-refractivity contribution in [2.75, 3.05) is 46.0 Å². The van der Waals surface area contributed by atoms with E-state index in [-0.39, 0.29) is 37.0 Å². The van der Waals surface area contributed by atoms with Gasteiger partial charge in [0.1, 0.15) is 11.5 Å². The van der Waals surface area contributed by atoms with Crippen LogP contribution in [0.4, 0.5) is 13.2 Å². The smallest absolute Gasteiger partial charge is 0.493 e. The highest BCUT2D eigenvalue weighted by atomic mass is 35.5. The van der Waals surface area contributed by atoms with E-state index >= 15 is 0 Å². The zero-order valence-corrected chi connectivity index (χ0v) is 20.9. The minimum atomic E-state index is -4.81. The summed E-state index contributed by atoms with van der Waals surface area (Å²) < 4.78 is 52.8. The van der Waals surface area contributed by atoms with Gasteiger partial charge in [-0.15, -0.1) is 13.2 Å². The molecule has 2 aromatic carbocycles. The van der Waals surface area contributed by atoms with E-state index < -0.39 is 17.5 Å². The zero-order chi connectivity index (χ0) is 26.5. The fourth-order valence-electron chi connectivity index (χ4n) is 4.69. The minimum absolute atomic E-state index is 0.0223. The lowest BCUT2D eigenvalue weighted by Crippen LogP contribution is -2.52. The molecule has 1 unspecified atom stereocenters. The normalized spacial score (nSPS) is 20.4. The average Bonchev–Trinajstić information content (AvgIpc) is 2.88. The van der Waals surface area contributed by atoms with Crippen LogP contribution in [0.25, 0.3) is 0 Å². The van der Waals surface area contributed by atoms with Crippen molar-refractivity contribution in [1.29, 1.82) is 0 Å². The van der Waals surface area contributed by atoms with Crippen LogP contribution >= 0.6 is 11.6 Å². The minimum Gasteiger partial charge on any atom is -0.493 e. The Bertz CT molecular complexity index is 1080. The fraction of sp³-hybridized carbons (Fsp3) is 0.462. The third kappa shape index (κ3) is 7.52. The van der Waals surface area contributed by atoms with Crippen LogP contribution in [-0.4, -0.2) is 74.0 Å². The molecule has 7 nitrogen and oxygen atoms in total. The van der Waals surface area contributed by atoms with Crippen LogP contribution in [0.15, 0.2) is 48.5 Å². The number of hydrogen-bond acceptors (Lipinski definition) is 5. The van der Waals surface area contributed by atoms with E-state index in [0.717, 1.165) is 12.1 Å². The molecule has 200 valence electrons. The highest BCUT2D eigenvalue weighted by Crippen LogP contribution is 2.36. The number of nitrogens with zero attached hydrogens (tertiary/aromatic N) is 2. The predicted octanol–water partition coefficient (Wildman–Crippen LogP) is 4.79. The fourth-order valence-corrected chi connectivity index (χ4v) is 4.81. The molecule has 0 saturated carbocycles. The van der Waals surface area contributed by atoms with Gasteiger partial charge in [0.25, 0.3) is 5.91 Å². The Morgan fingerprint density at radius 3 is 2.24 bits per heavy atom. The molecule has 4 rings (SSSR count). The lowest BCUT2D eigenvalue weighted by molar-refractivity contribution is -0.274. The first kappa shape index (κ1) is 27.1. The lowest BCUT2D eigenvalue weighted by Gasteiger charge is -2.43. The van der Waals surface area contributed by atoms with Crippen LogP contribution in [0.1, 0.15) is 29.6 Å². The Kier molecular flexibility index (Phi) is 8.49. The van der Waals surface area contributed by atoms with Gasteiger partial charge in [-0.2, -0.15) is 0 Å². The summed E-state index contributed by atoms with van der Waals surface area (Å²) in [6.45, 7) is 2.96. The highest BCUT2D eigenvalue weighted by molar-refractivity contribution is 6.30. The summed E-state index contributed by atoms with van der Waals surface area (Å²) in [5.41, 5.74) is -0.397. The molecule has 0 spiro atoms. The number of ether oxygens (including phenoxy) is 3. The number of halogens is 4. The van der Waals surface area contributed by atoms with E-state index in [0.29, 0.717) is 56.5 Å². The number of benzene rings is 2. The molecule has 0 aliphatic carbocycles. The van der Waals surface area contributed by atoms with Gasteiger partial charge >= 0.3 is 6.36 Å². The topological polar surface area (TPSA) is 68.3 Å². The van der Waals surface area contributed by atoms with Crippen LogP contribution < -0.4 is 9.47 Å². The molecule has 0 bridgehead atoms. The van der Waals surface area contributed by atoms with Crippen molar-refractivity contribution in [2.24, 2.45) is 5.41 Å². The standard InChI is InChI=1S/C26H28ClF3N2O5/c27-20-4-8-21(9-5-20)36-18-25(16-23(33)31-12-14-35-15-13-31)10-1-11-32(17-25)24(34)19-2-6-22(7-3-19)37-26(28,29)30/h2-9H,1,10-18H2.